The number of nitrogens with zero attached hydrogens (tertiary/aromatic N) is 1. The van der Waals surface area contributed by atoms with Crippen molar-refractivity contribution in [2.24, 2.45) is 11.7 Å². The Kier molecular flexibility index (Phi) is 7.95. The van der Waals surface area contributed by atoms with Crippen molar-refractivity contribution in [1.29, 1.82) is 0 Å². The monoisotopic (exact) mass is 415 g/mol. The highest BCUT2D eigenvalue weighted by atomic mass is 16.4. The van der Waals surface area contributed by atoms with Crippen LogP contribution in [-0.2, 0) is 33.6 Å². The molecule has 29 heavy (non-hydrogen) atoms. The highest BCUT2D eigenvalue weighted by Gasteiger charge is 2.49. The average Bonchev–Trinajstić information content (AvgIpc) is 2.89. The Morgan fingerprint density at radius 2 is 1.72 bits per heavy atom. The second-order valence-corrected chi connectivity index (χ2v) is 6.50. The fourth-order valence-electron chi connectivity index (χ4n) is 2.75. The minimum absolute atomic E-state index is 0.209. The topological polar surface area (TPSA) is 221 Å². The van der Waals surface area contributed by atoms with Gasteiger partial charge in [0.1, 0.15) is 12.0 Å². The van der Waals surface area contributed by atoms with E-state index in [1.807, 2.05) is 0 Å². The van der Waals surface area contributed by atoms with Crippen molar-refractivity contribution >= 4 is 41.4 Å². The summed E-state index contributed by atoms with van der Waals surface area (Å²) in [6.45, 7) is 1.31. The van der Waals surface area contributed by atoms with Gasteiger partial charge in [-0.25, -0.2) is 4.79 Å². The molecule has 0 aromatic rings. The van der Waals surface area contributed by atoms with Crippen LogP contribution in [-0.4, -0.2) is 79.8 Å². The quantitative estimate of drug-likeness (QED) is 0.176. The molecular formula is C16H21N3O10. The summed E-state index contributed by atoms with van der Waals surface area (Å²) in [6, 6.07) is -4.49. The molecule has 1 saturated heterocycles. The van der Waals surface area contributed by atoms with Crippen LogP contribution in [0.4, 0.5) is 0 Å². The van der Waals surface area contributed by atoms with Crippen LogP contribution in [0.3, 0.4) is 0 Å². The molecule has 0 spiro atoms. The Morgan fingerprint density at radius 3 is 2.17 bits per heavy atom. The van der Waals surface area contributed by atoms with Gasteiger partial charge in [-0.15, -0.1) is 0 Å². The number of likely N-dealkylation sites (tertiary alicyclic amines) is 1. The number of imide groups is 1. The lowest BCUT2D eigenvalue weighted by molar-refractivity contribution is -0.158. The number of aliphatic carboxylic acids is 3. The molecule has 0 aromatic carbocycles. The van der Waals surface area contributed by atoms with E-state index in [4.69, 9.17) is 21.1 Å². The van der Waals surface area contributed by atoms with Crippen LogP contribution >= 0.6 is 0 Å². The lowest BCUT2D eigenvalue weighted by Crippen LogP contribution is -2.51. The summed E-state index contributed by atoms with van der Waals surface area (Å²) in [6.07, 6.45) is -2.71. The third-order valence-corrected chi connectivity index (χ3v) is 4.21. The molecule has 0 radical (unpaired) electrons. The summed E-state index contributed by atoms with van der Waals surface area (Å²) in [5.41, 5.74) is 5.39. The summed E-state index contributed by atoms with van der Waals surface area (Å²) in [5.74, 6) is -10.3. The molecule has 160 valence electrons. The maximum Gasteiger partial charge on any atom is 0.327 e. The summed E-state index contributed by atoms with van der Waals surface area (Å²) in [4.78, 5) is 82.3. The van der Waals surface area contributed by atoms with E-state index >= 15 is 0 Å². The number of carbonyl (C=O) groups is 7. The predicted octanol–water partition coefficient (Wildman–Crippen LogP) is -2.44. The van der Waals surface area contributed by atoms with E-state index in [2.05, 4.69) is 5.32 Å². The van der Waals surface area contributed by atoms with Gasteiger partial charge in [0.05, 0.1) is 18.5 Å². The van der Waals surface area contributed by atoms with E-state index in [9.17, 15) is 33.6 Å². The zero-order chi connectivity index (χ0) is 22.5. The summed E-state index contributed by atoms with van der Waals surface area (Å²) < 4.78 is 0. The second-order valence-electron chi connectivity index (χ2n) is 6.50. The molecule has 13 nitrogen and oxygen atoms in total. The van der Waals surface area contributed by atoms with Gasteiger partial charge < -0.3 is 26.4 Å². The van der Waals surface area contributed by atoms with Gasteiger partial charge in [0.2, 0.25) is 17.7 Å². The number of hydrogen-bond acceptors (Lipinski definition) is 8. The Labute approximate surface area is 163 Å². The van der Waals surface area contributed by atoms with E-state index in [0.29, 0.717) is 0 Å². The van der Waals surface area contributed by atoms with Gasteiger partial charge in [0.15, 0.2) is 5.78 Å². The lowest BCUT2D eigenvalue weighted by atomic mass is 9.93. The first kappa shape index (κ1) is 23.7. The van der Waals surface area contributed by atoms with Crippen molar-refractivity contribution in [3.8, 4) is 0 Å². The predicted molar refractivity (Wildman–Crippen MR) is 91.1 cm³/mol. The molecule has 0 bridgehead atoms. The third kappa shape index (κ3) is 6.07. The molecule has 1 aliphatic heterocycles. The fraction of sp³-hybridized carbons (Fsp3) is 0.562. The number of carbonyl (C=O) groups excluding carboxylic acids is 4. The van der Waals surface area contributed by atoms with E-state index in [-0.39, 0.29) is 11.3 Å². The second kappa shape index (κ2) is 9.73. The average molecular weight is 415 g/mol. The summed E-state index contributed by atoms with van der Waals surface area (Å²) in [5, 5.41) is 29.0. The van der Waals surface area contributed by atoms with Crippen LogP contribution in [0.1, 0.15) is 32.6 Å². The van der Waals surface area contributed by atoms with Gasteiger partial charge in [-0.2, -0.15) is 0 Å². The maximum absolute atomic E-state index is 12.7. The smallest absolute Gasteiger partial charge is 0.327 e. The normalized spacial score (nSPS) is 19.4. The van der Waals surface area contributed by atoms with Crippen molar-refractivity contribution in [1.82, 2.24) is 10.2 Å². The number of hydrogen-bond donors (Lipinski definition) is 5. The molecular weight excluding hydrogens is 394 g/mol. The Balaban J connectivity index is 3.10. The molecule has 6 N–H and O–H groups in total. The van der Waals surface area contributed by atoms with Gasteiger partial charge in [-0.1, -0.05) is 0 Å². The van der Waals surface area contributed by atoms with Crippen LogP contribution in [0.25, 0.3) is 0 Å². The van der Waals surface area contributed by atoms with Gasteiger partial charge in [-0.3, -0.25) is 33.7 Å². The number of Topliss-reactive ketones (excluding diaryl/α,β-unsaturated/α-hetero) is 1. The molecule has 1 fully saturated rings. The molecule has 1 rings (SSSR count). The first-order valence-electron chi connectivity index (χ1n) is 8.48. The van der Waals surface area contributed by atoms with Crippen LogP contribution in [0.5, 0.6) is 0 Å². The first-order chi connectivity index (χ1) is 13.4. The Bertz CT molecular complexity index is 747. The van der Waals surface area contributed by atoms with Crippen molar-refractivity contribution in [3.63, 3.8) is 0 Å². The molecule has 0 aliphatic carbocycles. The third-order valence-electron chi connectivity index (χ3n) is 4.21. The number of amides is 3. The zero-order valence-corrected chi connectivity index (χ0v) is 15.4. The number of nitrogens with one attached hydrogen (secondary N) is 1. The SMILES string of the molecule is C[C@H](N)C(=O)N[C@@H](CCC(=O)O)C(=O)[C@H]1CC(=O)N([C@@H](CC(=O)O)C(=O)O)C1=O. The standard InChI is InChI=1S/C16H21N3O10/c1-6(17)14(26)18-8(2-3-11(21)22)13(25)7-4-10(20)19(15(7)27)9(16(28)29)5-12(23)24/h6-9H,2-5,17H2,1H3,(H,18,26)(H,21,22)(H,23,24)(H,28,29)/t6-,7+,8-,9-/m0/s1. The minimum atomic E-state index is -2.00. The largest absolute Gasteiger partial charge is 0.481 e. The first-order valence-corrected chi connectivity index (χ1v) is 8.48. The highest BCUT2D eigenvalue weighted by molar-refractivity contribution is 6.17. The molecule has 4 atom stereocenters. The molecule has 13 heteroatoms. The molecule has 0 aromatic heterocycles. The minimum Gasteiger partial charge on any atom is -0.481 e. The van der Waals surface area contributed by atoms with Crippen LogP contribution < -0.4 is 11.1 Å². The Hall–Kier alpha value is -3.35. The number of rotatable bonds is 11. The zero-order valence-electron chi connectivity index (χ0n) is 15.4. The molecule has 1 aliphatic rings. The molecule has 0 saturated carbocycles. The van der Waals surface area contributed by atoms with Gasteiger partial charge in [-0.05, 0) is 13.3 Å². The number of carboxylic acids is 3. The van der Waals surface area contributed by atoms with Crippen molar-refractivity contribution in [2.45, 2.75) is 50.7 Å². The van der Waals surface area contributed by atoms with E-state index in [1.165, 1.54) is 6.92 Å². The van der Waals surface area contributed by atoms with E-state index < -0.39 is 84.7 Å². The van der Waals surface area contributed by atoms with Crippen molar-refractivity contribution < 1.29 is 48.9 Å². The molecule has 0 unspecified atom stereocenters. The summed E-state index contributed by atoms with van der Waals surface area (Å²) in [7, 11) is 0. The number of ketones is 1. The van der Waals surface area contributed by atoms with Gasteiger partial charge in [0, 0.05) is 12.8 Å². The van der Waals surface area contributed by atoms with Crippen LogP contribution in [0.15, 0.2) is 0 Å². The van der Waals surface area contributed by atoms with Crippen molar-refractivity contribution in [3.05, 3.63) is 0 Å². The van der Waals surface area contributed by atoms with Gasteiger partial charge in [0.25, 0.3) is 0 Å². The van der Waals surface area contributed by atoms with Gasteiger partial charge >= 0.3 is 17.9 Å². The Morgan fingerprint density at radius 1 is 1.14 bits per heavy atom. The highest BCUT2D eigenvalue weighted by Crippen LogP contribution is 2.26. The molecule has 1 heterocycles. The van der Waals surface area contributed by atoms with E-state index in [0.717, 1.165) is 0 Å². The van der Waals surface area contributed by atoms with E-state index in [1.54, 1.807) is 0 Å². The summed E-state index contributed by atoms with van der Waals surface area (Å²) >= 11 is 0. The van der Waals surface area contributed by atoms with Crippen LogP contribution in [0, 0.1) is 5.92 Å². The van der Waals surface area contributed by atoms with Crippen LogP contribution in [0.2, 0.25) is 0 Å². The molecule has 3 amide bonds. The fourth-order valence-corrected chi connectivity index (χ4v) is 2.75. The lowest BCUT2D eigenvalue weighted by Gasteiger charge is -2.23. The maximum atomic E-state index is 12.7. The number of carboxylic acid groups (broad SMARTS) is 3. The van der Waals surface area contributed by atoms with Crippen molar-refractivity contribution in [2.75, 3.05) is 0 Å². The number of nitrogens with two attached hydrogens (primary N) is 1.